The lowest BCUT2D eigenvalue weighted by atomic mass is 10.1. The number of rotatable bonds is 6. The third kappa shape index (κ3) is 3.77. The number of nitrogens with zero attached hydrogens (tertiary/aromatic N) is 2. The van der Waals surface area contributed by atoms with E-state index in [1.54, 1.807) is 23.1 Å². The van der Waals surface area contributed by atoms with Crippen molar-refractivity contribution in [2.75, 3.05) is 20.2 Å². The van der Waals surface area contributed by atoms with Crippen molar-refractivity contribution in [2.24, 2.45) is 0 Å². The summed E-state index contributed by atoms with van der Waals surface area (Å²) in [6.07, 6.45) is 0.979. The van der Waals surface area contributed by atoms with Crippen molar-refractivity contribution in [3.63, 3.8) is 0 Å². The van der Waals surface area contributed by atoms with E-state index in [1.165, 1.54) is 19.2 Å². The van der Waals surface area contributed by atoms with Gasteiger partial charge in [-0.2, -0.15) is 0 Å². The Labute approximate surface area is 151 Å². The maximum atomic E-state index is 13.0. The summed E-state index contributed by atoms with van der Waals surface area (Å²) in [5.41, 5.74) is 0.425. The van der Waals surface area contributed by atoms with E-state index >= 15 is 0 Å². The number of nitro benzene ring substituents is 1. The van der Waals surface area contributed by atoms with Gasteiger partial charge in [-0.1, -0.05) is 30.3 Å². The lowest BCUT2D eigenvalue weighted by Gasteiger charge is -2.24. The standard InChI is InChI=1S/C19H20N2O5/c1-25-15-9-10-17(16(13-15)21(23)24)26-18(14-7-3-2-4-8-14)19(22)20-11-5-6-12-20/h2-4,7-10,13,18H,5-6,11-12H2,1H3/t18-/m1/s1. The molecule has 0 N–H and O–H groups in total. The van der Waals surface area contributed by atoms with Gasteiger partial charge < -0.3 is 14.4 Å². The van der Waals surface area contributed by atoms with Crippen LogP contribution >= 0.6 is 0 Å². The first-order valence-electron chi connectivity index (χ1n) is 8.43. The molecule has 1 aliphatic heterocycles. The van der Waals surface area contributed by atoms with E-state index in [0.29, 0.717) is 24.4 Å². The molecule has 0 spiro atoms. The second-order valence-corrected chi connectivity index (χ2v) is 6.03. The molecular formula is C19H20N2O5. The summed E-state index contributed by atoms with van der Waals surface area (Å²) in [5.74, 6) is 0.210. The number of methoxy groups -OCH3 is 1. The lowest BCUT2D eigenvalue weighted by molar-refractivity contribution is -0.386. The SMILES string of the molecule is COc1ccc(O[C@@H](C(=O)N2CCCC2)c2ccccc2)c([N+](=O)[O-])c1. The van der Waals surface area contributed by atoms with Crippen molar-refractivity contribution in [1.82, 2.24) is 4.90 Å². The van der Waals surface area contributed by atoms with Crippen LogP contribution in [0.3, 0.4) is 0 Å². The first-order valence-corrected chi connectivity index (χ1v) is 8.43. The zero-order chi connectivity index (χ0) is 18.5. The van der Waals surface area contributed by atoms with Crippen LogP contribution < -0.4 is 9.47 Å². The molecule has 1 aliphatic rings. The first kappa shape index (κ1) is 17.7. The molecule has 0 saturated carbocycles. The highest BCUT2D eigenvalue weighted by atomic mass is 16.6. The average Bonchev–Trinajstić information content (AvgIpc) is 3.21. The molecule has 136 valence electrons. The molecule has 26 heavy (non-hydrogen) atoms. The number of nitro groups is 1. The minimum atomic E-state index is -0.929. The second kappa shape index (κ2) is 7.86. The molecule has 0 radical (unpaired) electrons. The van der Waals surface area contributed by atoms with Gasteiger partial charge in [-0.15, -0.1) is 0 Å². The van der Waals surface area contributed by atoms with E-state index in [-0.39, 0.29) is 17.3 Å². The highest BCUT2D eigenvalue weighted by molar-refractivity contribution is 5.83. The maximum Gasteiger partial charge on any atom is 0.314 e. The fourth-order valence-corrected chi connectivity index (χ4v) is 2.99. The normalized spacial score (nSPS) is 14.7. The number of hydrogen-bond donors (Lipinski definition) is 0. The Kier molecular flexibility index (Phi) is 5.36. The lowest BCUT2D eigenvalue weighted by Crippen LogP contribution is -2.35. The average molecular weight is 356 g/mol. The minimum Gasteiger partial charge on any atom is -0.496 e. The topological polar surface area (TPSA) is 81.9 Å². The largest absolute Gasteiger partial charge is 0.496 e. The number of hydrogen-bond acceptors (Lipinski definition) is 5. The fraction of sp³-hybridized carbons (Fsp3) is 0.316. The Balaban J connectivity index is 1.95. The van der Waals surface area contributed by atoms with Gasteiger partial charge in [0.05, 0.1) is 18.1 Å². The summed E-state index contributed by atoms with van der Waals surface area (Å²) in [5, 5.41) is 11.4. The van der Waals surface area contributed by atoms with Gasteiger partial charge >= 0.3 is 5.69 Å². The number of amides is 1. The molecule has 1 heterocycles. The van der Waals surface area contributed by atoms with Crippen LogP contribution in [0.5, 0.6) is 11.5 Å². The van der Waals surface area contributed by atoms with Crippen molar-refractivity contribution in [3.8, 4) is 11.5 Å². The Morgan fingerprint density at radius 3 is 2.46 bits per heavy atom. The highest BCUT2D eigenvalue weighted by Crippen LogP contribution is 2.35. The van der Waals surface area contributed by atoms with E-state index in [0.717, 1.165) is 12.8 Å². The van der Waals surface area contributed by atoms with Gasteiger partial charge in [0.15, 0.2) is 5.75 Å². The predicted octanol–water partition coefficient (Wildman–Crippen LogP) is 3.35. The van der Waals surface area contributed by atoms with Crippen molar-refractivity contribution < 1.29 is 19.2 Å². The Hall–Kier alpha value is -3.09. The monoisotopic (exact) mass is 356 g/mol. The Morgan fingerprint density at radius 1 is 1.15 bits per heavy atom. The summed E-state index contributed by atoms with van der Waals surface area (Å²) < 4.78 is 10.9. The fourth-order valence-electron chi connectivity index (χ4n) is 2.99. The number of carbonyl (C=O) groups is 1. The molecule has 2 aromatic carbocycles. The van der Waals surface area contributed by atoms with Gasteiger partial charge in [-0.25, -0.2) is 0 Å². The molecule has 3 rings (SSSR count). The summed E-state index contributed by atoms with van der Waals surface area (Å²) in [6.45, 7) is 1.35. The van der Waals surface area contributed by atoms with Crippen LogP contribution in [-0.2, 0) is 4.79 Å². The van der Waals surface area contributed by atoms with Crippen LogP contribution in [0.1, 0.15) is 24.5 Å². The molecule has 0 aromatic heterocycles. The molecule has 0 unspecified atom stereocenters. The predicted molar refractivity (Wildman–Crippen MR) is 95.3 cm³/mol. The summed E-state index contributed by atoms with van der Waals surface area (Å²) in [7, 11) is 1.43. The maximum absolute atomic E-state index is 13.0. The van der Waals surface area contributed by atoms with Gasteiger partial charge in [0, 0.05) is 18.7 Å². The third-order valence-corrected chi connectivity index (χ3v) is 4.35. The van der Waals surface area contributed by atoms with E-state index < -0.39 is 11.0 Å². The molecule has 0 bridgehead atoms. The van der Waals surface area contributed by atoms with Crippen LogP contribution in [0.15, 0.2) is 48.5 Å². The Bertz CT molecular complexity index is 788. The molecule has 1 amide bonds. The minimum absolute atomic E-state index is 0.0391. The zero-order valence-corrected chi connectivity index (χ0v) is 14.5. The van der Waals surface area contributed by atoms with Crippen molar-refractivity contribution in [2.45, 2.75) is 18.9 Å². The van der Waals surface area contributed by atoms with E-state index in [2.05, 4.69) is 0 Å². The molecule has 7 nitrogen and oxygen atoms in total. The zero-order valence-electron chi connectivity index (χ0n) is 14.5. The van der Waals surface area contributed by atoms with E-state index in [4.69, 9.17) is 9.47 Å². The van der Waals surface area contributed by atoms with Gasteiger partial charge in [0.1, 0.15) is 5.75 Å². The van der Waals surface area contributed by atoms with Crippen molar-refractivity contribution >= 4 is 11.6 Å². The molecule has 1 saturated heterocycles. The molecule has 0 aliphatic carbocycles. The van der Waals surface area contributed by atoms with Crippen LogP contribution in [-0.4, -0.2) is 35.9 Å². The smallest absolute Gasteiger partial charge is 0.314 e. The van der Waals surface area contributed by atoms with Crippen LogP contribution in [0, 0.1) is 10.1 Å². The van der Waals surface area contributed by atoms with Crippen LogP contribution in [0.4, 0.5) is 5.69 Å². The molecule has 2 aromatic rings. The number of carbonyl (C=O) groups excluding carboxylic acids is 1. The van der Waals surface area contributed by atoms with Gasteiger partial charge in [-0.3, -0.25) is 14.9 Å². The molecule has 1 atom stereocenters. The second-order valence-electron chi connectivity index (χ2n) is 6.03. The number of benzene rings is 2. The molecular weight excluding hydrogens is 336 g/mol. The van der Waals surface area contributed by atoms with Crippen LogP contribution in [0.25, 0.3) is 0 Å². The number of ether oxygens (including phenoxy) is 2. The highest BCUT2D eigenvalue weighted by Gasteiger charge is 2.31. The third-order valence-electron chi connectivity index (χ3n) is 4.35. The van der Waals surface area contributed by atoms with Crippen molar-refractivity contribution in [3.05, 3.63) is 64.2 Å². The van der Waals surface area contributed by atoms with Gasteiger partial charge in [0.2, 0.25) is 6.10 Å². The van der Waals surface area contributed by atoms with E-state index in [9.17, 15) is 14.9 Å². The summed E-state index contributed by atoms with van der Waals surface area (Å²) >= 11 is 0. The summed E-state index contributed by atoms with van der Waals surface area (Å²) in [4.78, 5) is 25.6. The molecule has 1 fully saturated rings. The van der Waals surface area contributed by atoms with Gasteiger partial charge in [0.25, 0.3) is 5.91 Å². The number of likely N-dealkylation sites (tertiary alicyclic amines) is 1. The van der Waals surface area contributed by atoms with Gasteiger partial charge in [-0.05, 0) is 25.0 Å². The van der Waals surface area contributed by atoms with Crippen molar-refractivity contribution in [1.29, 1.82) is 0 Å². The van der Waals surface area contributed by atoms with Crippen LogP contribution in [0.2, 0.25) is 0 Å². The summed E-state index contributed by atoms with van der Waals surface area (Å²) in [6, 6.07) is 13.4. The Morgan fingerprint density at radius 2 is 1.85 bits per heavy atom. The quantitative estimate of drug-likeness (QED) is 0.586. The van der Waals surface area contributed by atoms with E-state index in [1.807, 2.05) is 18.2 Å². The first-order chi connectivity index (χ1) is 12.6. The molecule has 7 heteroatoms.